The number of carbonyl (C=O) groups excluding carboxylic acids is 1. The maximum atomic E-state index is 12.6. The summed E-state index contributed by atoms with van der Waals surface area (Å²) in [5.74, 6) is -0.793. The molecule has 0 spiro atoms. The summed E-state index contributed by atoms with van der Waals surface area (Å²) in [6.45, 7) is 2.41. The maximum Gasteiger partial charge on any atom is 0.573 e. The van der Waals surface area contributed by atoms with Crippen molar-refractivity contribution in [2.24, 2.45) is 5.73 Å². The van der Waals surface area contributed by atoms with E-state index in [0.717, 1.165) is 40.2 Å². The van der Waals surface area contributed by atoms with E-state index in [1.807, 2.05) is 22.8 Å². The summed E-state index contributed by atoms with van der Waals surface area (Å²) in [5, 5.41) is 1.63. The lowest BCUT2D eigenvalue weighted by Crippen LogP contribution is -2.17. The number of nitrogens with zero attached hydrogens (tertiary/aromatic N) is 1. The normalized spacial score (nSPS) is 11.9. The number of alkyl halides is 3. The van der Waals surface area contributed by atoms with E-state index in [4.69, 9.17) is 5.73 Å². The number of hydrogen-bond donors (Lipinski definition) is 1. The molecule has 3 aromatic carbocycles. The maximum absolute atomic E-state index is 12.6. The second-order valence-electron chi connectivity index (χ2n) is 7.45. The van der Waals surface area contributed by atoms with Crippen LogP contribution < -0.4 is 10.5 Å². The summed E-state index contributed by atoms with van der Waals surface area (Å²) in [5.41, 5.74) is 9.52. The van der Waals surface area contributed by atoms with E-state index in [-0.39, 0.29) is 5.75 Å². The van der Waals surface area contributed by atoms with Crippen molar-refractivity contribution < 1.29 is 22.7 Å². The fourth-order valence-corrected chi connectivity index (χ4v) is 4.03. The van der Waals surface area contributed by atoms with E-state index < -0.39 is 12.3 Å². The first kappa shape index (κ1) is 20.8. The minimum atomic E-state index is -4.75. The minimum absolute atomic E-state index is 0.268. The second-order valence-corrected chi connectivity index (χ2v) is 7.45. The van der Waals surface area contributed by atoms with Gasteiger partial charge in [-0.1, -0.05) is 43.7 Å². The average Bonchev–Trinajstić information content (AvgIpc) is 3.00. The van der Waals surface area contributed by atoms with Crippen LogP contribution in [0.25, 0.3) is 21.8 Å². The molecular weight excluding hydrogens is 405 g/mol. The van der Waals surface area contributed by atoms with Gasteiger partial charge in [-0.05, 0) is 47.9 Å². The van der Waals surface area contributed by atoms with Gasteiger partial charge in [0.1, 0.15) is 5.75 Å². The van der Waals surface area contributed by atoms with Crippen LogP contribution in [-0.2, 0) is 13.0 Å². The van der Waals surface area contributed by atoms with Crippen molar-refractivity contribution in [3.63, 3.8) is 0 Å². The van der Waals surface area contributed by atoms with Gasteiger partial charge in [0, 0.05) is 28.4 Å². The standard InChI is InChI=1S/C24H21F3N2O2/c1-2-5-15-10-11-18-21(13-15)29(20-9-4-8-19(22(18)20)23(28)30)14-16-6-3-7-17(12-16)31-24(25,26)27/h3-4,6-13H,2,5,14H2,1H3,(H2,28,30). The number of amides is 1. The topological polar surface area (TPSA) is 57.2 Å². The average molecular weight is 426 g/mol. The number of fused-ring (bicyclic) bond motifs is 3. The highest BCUT2D eigenvalue weighted by Gasteiger charge is 2.31. The number of carbonyl (C=O) groups is 1. The molecule has 31 heavy (non-hydrogen) atoms. The van der Waals surface area contributed by atoms with Gasteiger partial charge in [-0.15, -0.1) is 13.2 Å². The third-order valence-corrected chi connectivity index (χ3v) is 5.23. The fourth-order valence-electron chi connectivity index (χ4n) is 4.03. The van der Waals surface area contributed by atoms with Gasteiger partial charge in [-0.2, -0.15) is 0 Å². The molecule has 4 nitrogen and oxygen atoms in total. The molecule has 7 heteroatoms. The highest BCUT2D eigenvalue weighted by molar-refractivity contribution is 6.18. The lowest BCUT2D eigenvalue weighted by molar-refractivity contribution is -0.274. The zero-order valence-electron chi connectivity index (χ0n) is 16.9. The molecule has 1 heterocycles. The van der Waals surface area contributed by atoms with Crippen LogP contribution in [0.5, 0.6) is 5.75 Å². The fraction of sp³-hybridized carbons (Fsp3) is 0.208. The number of primary amides is 1. The molecule has 4 aromatic rings. The molecule has 0 atom stereocenters. The molecule has 0 aliphatic carbocycles. The van der Waals surface area contributed by atoms with Gasteiger partial charge in [0.15, 0.2) is 0 Å². The van der Waals surface area contributed by atoms with Gasteiger partial charge in [-0.3, -0.25) is 4.79 Å². The molecule has 0 unspecified atom stereocenters. The third-order valence-electron chi connectivity index (χ3n) is 5.23. The number of nitrogens with two attached hydrogens (primary N) is 1. The zero-order valence-corrected chi connectivity index (χ0v) is 16.9. The summed E-state index contributed by atoms with van der Waals surface area (Å²) in [7, 11) is 0. The quantitative estimate of drug-likeness (QED) is 0.424. The molecule has 0 saturated heterocycles. The minimum Gasteiger partial charge on any atom is -0.406 e. The van der Waals surface area contributed by atoms with Crippen molar-refractivity contribution >= 4 is 27.7 Å². The number of halogens is 3. The lowest BCUT2D eigenvalue weighted by Gasteiger charge is -2.12. The van der Waals surface area contributed by atoms with Crippen LogP contribution in [0.4, 0.5) is 13.2 Å². The monoisotopic (exact) mass is 426 g/mol. The Morgan fingerprint density at radius 2 is 1.77 bits per heavy atom. The summed E-state index contributed by atoms with van der Waals surface area (Å²) in [6.07, 6.45) is -2.87. The van der Waals surface area contributed by atoms with Crippen LogP contribution in [0, 0.1) is 0 Å². The molecule has 0 saturated carbocycles. The third kappa shape index (κ3) is 4.21. The Morgan fingerprint density at radius 3 is 2.48 bits per heavy atom. The summed E-state index contributed by atoms with van der Waals surface area (Å²) >= 11 is 0. The molecule has 2 N–H and O–H groups in total. The SMILES string of the molecule is CCCc1ccc2c3c(C(N)=O)cccc3n(Cc3cccc(OC(F)(F)F)c3)c2c1. The summed E-state index contributed by atoms with van der Waals surface area (Å²) in [6, 6.07) is 17.3. The number of ether oxygens (including phenoxy) is 1. The number of aryl methyl sites for hydroxylation is 1. The van der Waals surface area contributed by atoms with Crippen molar-refractivity contribution in [2.45, 2.75) is 32.7 Å². The first-order valence-corrected chi connectivity index (χ1v) is 9.95. The number of rotatable bonds is 6. The van der Waals surface area contributed by atoms with Crippen LogP contribution in [0.2, 0.25) is 0 Å². The van der Waals surface area contributed by atoms with Gasteiger partial charge in [-0.25, -0.2) is 0 Å². The van der Waals surface area contributed by atoms with Crippen LogP contribution in [0.1, 0.15) is 34.8 Å². The van der Waals surface area contributed by atoms with E-state index >= 15 is 0 Å². The molecule has 160 valence electrons. The number of aromatic nitrogens is 1. The Kier molecular flexibility index (Phi) is 5.35. The molecule has 0 fully saturated rings. The Bertz CT molecular complexity index is 1280. The van der Waals surface area contributed by atoms with Crippen molar-refractivity contribution in [1.29, 1.82) is 0 Å². The first-order chi connectivity index (χ1) is 14.8. The Morgan fingerprint density at radius 1 is 1.00 bits per heavy atom. The van der Waals surface area contributed by atoms with E-state index in [9.17, 15) is 18.0 Å². The van der Waals surface area contributed by atoms with Crippen LogP contribution in [0.15, 0.2) is 60.7 Å². The Balaban J connectivity index is 1.90. The number of hydrogen-bond acceptors (Lipinski definition) is 2. The van der Waals surface area contributed by atoms with E-state index in [1.165, 1.54) is 18.2 Å². The number of benzene rings is 3. The van der Waals surface area contributed by atoms with Crippen molar-refractivity contribution in [2.75, 3.05) is 0 Å². The lowest BCUT2D eigenvalue weighted by atomic mass is 10.0. The highest BCUT2D eigenvalue weighted by Crippen LogP contribution is 2.33. The van der Waals surface area contributed by atoms with E-state index in [0.29, 0.717) is 17.7 Å². The van der Waals surface area contributed by atoms with Gasteiger partial charge < -0.3 is 15.0 Å². The largest absolute Gasteiger partial charge is 0.573 e. The Hall–Kier alpha value is -3.48. The highest BCUT2D eigenvalue weighted by atomic mass is 19.4. The summed E-state index contributed by atoms with van der Waals surface area (Å²) < 4.78 is 44.0. The van der Waals surface area contributed by atoms with E-state index in [1.54, 1.807) is 18.2 Å². The van der Waals surface area contributed by atoms with Crippen molar-refractivity contribution in [3.8, 4) is 5.75 Å². The van der Waals surface area contributed by atoms with Gasteiger partial charge in [0.2, 0.25) is 5.91 Å². The molecule has 0 radical (unpaired) electrons. The smallest absolute Gasteiger partial charge is 0.406 e. The molecular formula is C24H21F3N2O2. The molecule has 1 aromatic heterocycles. The first-order valence-electron chi connectivity index (χ1n) is 9.95. The predicted octanol–water partition coefficient (Wildman–Crippen LogP) is 5.79. The van der Waals surface area contributed by atoms with Gasteiger partial charge in [0.05, 0.1) is 5.52 Å². The van der Waals surface area contributed by atoms with Gasteiger partial charge >= 0.3 is 6.36 Å². The van der Waals surface area contributed by atoms with E-state index in [2.05, 4.69) is 17.7 Å². The zero-order chi connectivity index (χ0) is 22.2. The van der Waals surface area contributed by atoms with Crippen LogP contribution in [-0.4, -0.2) is 16.8 Å². The Labute approximate surface area is 177 Å². The van der Waals surface area contributed by atoms with Crippen LogP contribution >= 0.6 is 0 Å². The molecule has 0 bridgehead atoms. The molecule has 0 aliphatic heterocycles. The second kappa shape index (κ2) is 7.98. The van der Waals surface area contributed by atoms with Crippen molar-refractivity contribution in [1.82, 2.24) is 4.57 Å². The molecule has 1 amide bonds. The van der Waals surface area contributed by atoms with Crippen molar-refractivity contribution in [3.05, 3.63) is 77.4 Å². The predicted molar refractivity (Wildman–Crippen MR) is 114 cm³/mol. The van der Waals surface area contributed by atoms with Crippen LogP contribution in [0.3, 0.4) is 0 Å². The van der Waals surface area contributed by atoms with Gasteiger partial charge in [0.25, 0.3) is 0 Å². The summed E-state index contributed by atoms with van der Waals surface area (Å²) in [4.78, 5) is 12.1. The molecule has 4 rings (SSSR count). The molecule has 0 aliphatic rings.